The number of amides is 2. The first kappa shape index (κ1) is 30.1. The number of aliphatic carboxylic acids is 1. The maximum absolute atomic E-state index is 14.8. The van der Waals surface area contributed by atoms with Crippen LogP contribution in [-0.2, 0) is 16.1 Å². The monoisotopic (exact) mass is 576 g/mol. The average molecular weight is 577 g/mol. The second-order valence-corrected chi connectivity index (χ2v) is 9.32. The molecule has 1 heterocycles. The Balaban J connectivity index is 1.67. The number of carbonyl (C=O) groups excluding carboxylic acids is 2. The van der Waals surface area contributed by atoms with Crippen LogP contribution in [0.5, 0.6) is 0 Å². The van der Waals surface area contributed by atoms with Gasteiger partial charge >= 0.3 is 12.1 Å². The number of carboxylic acids is 1. The van der Waals surface area contributed by atoms with Crippen LogP contribution in [0.2, 0.25) is 5.02 Å². The number of nitrogens with one attached hydrogen (secondary N) is 2. The molecule has 0 radical (unpaired) electrons. The molecule has 3 rings (SSSR count). The van der Waals surface area contributed by atoms with Crippen LogP contribution in [0.3, 0.4) is 0 Å². The lowest BCUT2D eigenvalue weighted by Gasteiger charge is -2.37. The van der Waals surface area contributed by atoms with Crippen LogP contribution in [0.15, 0.2) is 30.3 Å². The number of anilines is 2. The highest BCUT2D eigenvalue weighted by Crippen LogP contribution is 2.31. The van der Waals surface area contributed by atoms with Crippen LogP contribution in [-0.4, -0.2) is 66.7 Å². The molecule has 212 valence electrons. The second kappa shape index (κ2) is 13.1. The molecular formula is C25H26ClF5N4O4. The van der Waals surface area contributed by atoms with Crippen molar-refractivity contribution in [3.05, 3.63) is 58.1 Å². The van der Waals surface area contributed by atoms with Gasteiger partial charge in [0.15, 0.2) is 11.6 Å². The van der Waals surface area contributed by atoms with Gasteiger partial charge in [0.1, 0.15) is 0 Å². The van der Waals surface area contributed by atoms with Gasteiger partial charge in [0.25, 0.3) is 5.91 Å². The van der Waals surface area contributed by atoms with Crippen molar-refractivity contribution in [3.8, 4) is 0 Å². The molecule has 2 amide bonds. The van der Waals surface area contributed by atoms with Crippen molar-refractivity contribution in [1.82, 2.24) is 10.2 Å². The summed E-state index contributed by atoms with van der Waals surface area (Å²) >= 11 is 6.13. The van der Waals surface area contributed by atoms with Crippen LogP contribution >= 0.6 is 11.6 Å². The molecule has 1 aliphatic heterocycles. The molecule has 0 spiro atoms. The van der Waals surface area contributed by atoms with E-state index in [1.807, 2.05) is 4.90 Å². The van der Waals surface area contributed by atoms with E-state index in [-0.39, 0.29) is 24.2 Å². The summed E-state index contributed by atoms with van der Waals surface area (Å²) in [5.74, 6) is -5.55. The lowest BCUT2D eigenvalue weighted by atomic mass is 10.1. The van der Waals surface area contributed by atoms with Crippen molar-refractivity contribution < 1.29 is 41.4 Å². The number of hydrogen-bond acceptors (Lipinski definition) is 5. The number of rotatable bonds is 10. The number of nitrogens with zero attached hydrogens (tertiary/aromatic N) is 2. The minimum absolute atomic E-state index is 0.122. The van der Waals surface area contributed by atoms with Gasteiger partial charge in [0, 0.05) is 56.3 Å². The molecular weight excluding hydrogens is 551 g/mol. The summed E-state index contributed by atoms with van der Waals surface area (Å²) in [6.07, 6.45) is -5.90. The number of carboxylic acid groups (broad SMARTS) is 1. The summed E-state index contributed by atoms with van der Waals surface area (Å²) in [6, 6.07) is 6.74. The molecule has 2 aromatic rings. The van der Waals surface area contributed by atoms with Gasteiger partial charge in [-0.05, 0) is 24.3 Å². The van der Waals surface area contributed by atoms with Crippen molar-refractivity contribution in [3.63, 3.8) is 0 Å². The Morgan fingerprint density at radius 1 is 0.974 bits per heavy atom. The van der Waals surface area contributed by atoms with Crippen LogP contribution in [0.4, 0.5) is 33.3 Å². The third-order valence-electron chi connectivity index (χ3n) is 6.08. The van der Waals surface area contributed by atoms with E-state index in [2.05, 4.69) is 10.6 Å². The lowest BCUT2D eigenvalue weighted by molar-refractivity contribution is -0.139. The second-order valence-electron chi connectivity index (χ2n) is 8.88. The highest BCUT2D eigenvalue weighted by atomic mass is 35.5. The van der Waals surface area contributed by atoms with Crippen molar-refractivity contribution >= 4 is 40.8 Å². The minimum Gasteiger partial charge on any atom is -0.481 e. The van der Waals surface area contributed by atoms with E-state index in [4.69, 9.17) is 16.7 Å². The van der Waals surface area contributed by atoms with Crippen LogP contribution in [0, 0.1) is 11.6 Å². The maximum atomic E-state index is 14.8. The number of carbonyl (C=O) groups is 3. The van der Waals surface area contributed by atoms with Gasteiger partial charge in [-0.15, -0.1) is 0 Å². The summed E-state index contributed by atoms with van der Waals surface area (Å²) in [6.45, 7) is 0.894. The zero-order valence-corrected chi connectivity index (χ0v) is 21.3. The van der Waals surface area contributed by atoms with Crippen molar-refractivity contribution in [2.45, 2.75) is 32.0 Å². The molecule has 1 saturated heterocycles. The minimum atomic E-state index is -4.25. The van der Waals surface area contributed by atoms with Crippen molar-refractivity contribution in [1.29, 1.82) is 0 Å². The van der Waals surface area contributed by atoms with Crippen LogP contribution in [0.25, 0.3) is 0 Å². The molecule has 0 aliphatic carbocycles. The predicted molar refractivity (Wildman–Crippen MR) is 134 cm³/mol. The molecule has 0 aromatic heterocycles. The zero-order chi connectivity index (χ0) is 28.7. The molecule has 0 unspecified atom stereocenters. The third-order valence-corrected chi connectivity index (χ3v) is 6.32. The molecule has 8 nitrogen and oxygen atoms in total. The number of halogens is 6. The fourth-order valence-corrected chi connectivity index (χ4v) is 4.13. The first-order valence-corrected chi connectivity index (χ1v) is 12.3. The first-order chi connectivity index (χ1) is 18.3. The summed E-state index contributed by atoms with van der Waals surface area (Å²) in [7, 11) is 0. The predicted octanol–water partition coefficient (Wildman–Crippen LogP) is 4.43. The van der Waals surface area contributed by atoms with Gasteiger partial charge in [0.05, 0.1) is 29.8 Å². The molecule has 0 saturated carbocycles. The van der Waals surface area contributed by atoms with E-state index in [1.54, 1.807) is 11.0 Å². The van der Waals surface area contributed by atoms with Crippen molar-refractivity contribution in [2.75, 3.05) is 42.9 Å². The number of hydrogen-bond donors (Lipinski definition) is 3. The lowest BCUT2D eigenvalue weighted by Crippen LogP contribution is -2.47. The molecule has 3 N–H and O–H groups in total. The fraction of sp³-hybridized carbons (Fsp3) is 0.400. The molecule has 1 aliphatic rings. The van der Waals surface area contributed by atoms with Crippen LogP contribution < -0.4 is 15.5 Å². The summed E-state index contributed by atoms with van der Waals surface area (Å²) in [5.41, 5.74) is -0.0924. The Morgan fingerprint density at radius 3 is 2.31 bits per heavy atom. The van der Waals surface area contributed by atoms with Gasteiger partial charge in [0.2, 0.25) is 5.91 Å². The highest BCUT2D eigenvalue weighted by molar-refractivity contribution is 6.31. The Morgan fingerprint density at radius 2 is 1.67 bits per heavy atom. The molecule has 2 aromatic carbocycles. The first-order valence-electron chi connectivity index (χ1n) is 11.9. The molecule has 14 heteroatoms. The third kappa shape index (κ3) is 8.79. The van der Waals surface area contributed by atoms with Crippen LogP contribution in [0.1, 0.15) is 35.2 Å². The quantitative estimate of drug-likeness (QED) is 0.362. The van der Waals surface area contributed by atoms with Gasteiger partial charge in [-0.25, -0.2) is 8.78 Å². The van der Waals surface area contributed by atoms with E-state index >= 15 is 0 Å². The number of alkyl halides is 3. The van der Waals surface area contributed by atoms with E-state index in [0.717, 1.165) is 12.1 Å². The number of benzene rings is 2. The summed E-state index contributed by atoms with van der Waals surface area (Å²) in [4.78, 5) is 38.6. The largest absolute Gasteiger partial charge is 0.481 e. The normalized spacial score (nSPS) is 14.3. The van der Waals surface area contributed by atoms with Gasteiger partial charge in [-0.1, -0.05) is 17.7 Å². The van der Waals surface area contributed by atoms with E-state index in [9.17, 15) is 36.3 Å². The smallest absolute Gasteiger partial charge is 0.390 e. The molecule has 39 heavy (non-hydrogen) atoms. The summed E-state index contributed by atoms with van der Waals surface area (Å²) in [5, 5.41) is 13.8. The van der Waals surface area contributed by atoms with E-state index in [1.165, 1.54) is 12.1 Å². The number of piperazine rings is 1. The Bertz CT molecular complexity index is 1220. The van der Waals surface area contributed by atoms with Gasteiger partial charge < -0.3 is 20.6 Å². The van der Waals surface area contributed by atoms with E-state index < -0.39 is 60.5 Å². The van der Waals surface area contributed by atoms with E-state index in [0.29, 0.717) is 36.9 Å². The van der Waals surface area contributed by atoms with Gasteiger partial charge in [-0.2, -0.15) is 13.2 Å². The molecule has 0 bridgehead atoms. The topological polar surface area (TPSA) is 102 Å². The SMILES string of the molecule is O=C(O)CCC(=O)NCc1ccc(C(=O)Nc2ccc(Cl)cc2N2CCN(CCC(F)(F)F)CC2)c(F)c1F. The maximum Gasteiger partial charge on any atom is 0.390 e. The fourth-order valence-electron chi connectivity index (χ4n) is 3.96. The average Bonchev–Trinajstić information content (AvgIpc) is 2.88. The Labute approximate surface area is 225 Å². The highest BCUT2D eigenvalue weighted by Gasteiger charge is 2.29. The Kier molecular flexibility index (Phi) is 10.1. The standard InChI is InChI=1S/C25H26ClF5N4O4/c26-16-2-4-18(19(13-16)35-11-9-34(10-12-35)8-7-25(29,30)31)33-24(39)17-3-1-15(22(27)23(17)28)14-32-20(36)5-6-21(37)38/h1-4,13H,5-12,14H2,(H,32,36)(H,33,39)(H,37,38). The Hall–Kier alpha value is -3.45. The van der Waals surface area contributed by atoms with Crippen molar-refractivity contribution in [2.24, 2.45) is 0 Å². The molecule has 1 fully saturated rings. The zero-order valence-electron chi connectivity index (χ0n) is 20.6. The molecule has 0 atom stereocenters. The summed E-state index contributed by atoms with van der Waals surface area (Å²) < 4.78 is 67.0. The van der Waals surface area contributed by atoms with Gasteiger partial charge in [-0.3, -0.25) is 19.3 Å².